The Labute approximate surface area is 153 Å². The summed E-state index contributed by atoms with van der Waals surface area (Å²) in [5, 5.41) is 10.2. The van der Waals surface area contributed by atoms with Crippen molar-refractivity contribution in [1.82, 2.24) is 9.88 Å². The summed E-state index contributed by atoms with van der Waals surface area (Å²) in [5.41, 5.74) is 1.88. The number of benzene rings is 1. The number of hydrogen-bond donors (Lipinski definition) is 1. The molecule has 5 nitrogen and oxygen atoms in total. The van der Waals surface area contributed by atoms with Crippen molar-refractivity contribution in [3.05, 3.63) is 59.9 Å². The normalized spacial score (nSPS) is 24.3. The first-order valence-electron chi connectivity index (χ1n) is 9.18. The number of hydrogen-bond acceptors (Lipinski definition) is 4. The fourth-order valence-electron chi connectivity index (χ4n) is 4.20. The van der Waals surface area contributed by atoms with Gasteiger partial charge in [-0.05, 0) is 36.1 Å². The van der Waals surface area contributed by atoms with Crippen LogP contribution in [0, 0.1) is 11.3 Å². The number of carbonyl (C=O) groups excluding carboxylic acids is 1. The van der Waals surface area contributed by atoms with E-state index < -0.39 is 0 Å². The second-order valence-electron chi connectivity index (χ2n) is 7.45. The molecule has 1 N–H and O–H groups in total. The lowest BCUT2D eigenvalue weighted by Crippen LogP contribution is -2.38. The van der Waals surface area contributed by atoms with E-state index in [1.54, 1.807) is 12.4 Å². The molecule has 136 valence electrons. The van der Waals surface area contributed by atoms with E-state index in [-0.39, 0.29) is 23.8 Å². The van der Waals surface area contributed by atoms with Crippen molar-refractivity contribution in [2.75, 3.05) is 26.3 Å². The van der Waals surface area contributed by atoms with Crippen LogP contribution in [0.3, 0.4) is 0 Å². The highest BCUT2D eigenvalue weighted by molar-refractivity contribution is 5.77. The first kappa shape index (κ1) is 17.0. The molecule has 4 rings (SSSR count). The van der Waals surface area contributed by atoms with E-state index >= 15 is 0 Å². The zero-order valence-corrected chi connectivity index (χ0v) is 14.8. The van der Waals surface area contributed by atoms with Gasteiger partial charge in [-0.3, -0.25) is 9.78 Å². The van der Waals surface area contributed by atoms with E-state index in [2.05, 4.69) is 11.1 Å². The molecule has 0 radical (unpaired) electrons. The van der Waals surface area contributed by atoms with Gasteiger partial charge in [0.15, 0.2) is 0 Å². The largest absolute Gasteiger partial charge is 0.493 e. The Morgan fingerprint density at radius 3 is 3.00 bits per heavy atom. The summed E-state index contributed by atoms with van der Waals surface area (Å²) < 4.78 is 5.99. The van der Waals surface area contributed by atoms with Gasteiger partial charge in [-0.25, -0.2) is 0 Å². The molecule has 2 aromatic rings. The topological polar surface area (TPSA) is 62.7 Å². The van der Waals surface area contributed by atoms with Crippen molar-refractivity contribution in [2.24, 2.45) is 11.3 Å². The average Bonchev–Trinajstić information content (AvgIpc) is 2.97. The summed E-state index contributed by atoms with van der Waals surface area (Å²) in [6.45, 7) is 1.86. The fraction of sp³-hybridized carbons (Fsp3) is 0.429. The molecule has 0 aliphatic carbocycles. The van der Waals surface area contributed by atoms with Gasteiger partial charge in [0.05, 0.1) is 13.2 Å². The molecule has 0 bridgehead atoms. The number of aromatic nitrogens is 1. The lowest BCUT2D eigenvalue weighted by molar-refractivity contribution is -0.130. The van der Waals surface area contributed by atoms with E-state index in [0.717, 1.165) is 23.3 Å². The van der Waals surface area contributed by atoms with Crippen molar-refractivity contribution in [2.45, 2.75) is 19.3 Å². The second-order valence-corrected chi connectivity index (χ2v) is 7.45. The van der Waals surface area contributed by atoms with Gasteiger partial charge in [0.1, 0.15) is 5.75 Å². The number of amides is 1. The Morgan fingerprint density at radius 2 is 2.19 bits per heavy atom. The lowest BCUT2D eigenvalue weighted by atomic mass is 9.75. The molecule has 1 amide bonds. The number of carbonyl (C=O) groups is 1. The van der Waals surface area contributed by atoms with Gasteiger partial charge >= 0.3 is 0 Å². The van der Waals surface area contributed by atoms with Crippen LogP contribution in [-0.4, -0.2) is 47.2 Å². The van der Waals surface area contributed by atoms with Gasteiger partial charge in [-0.1, -0.05) is 24.3 Å². The highest BCUT2D eigenvalue weighted by Gasteiger charge is 2.49. The van der Waals surface area contributed by atoms with Crippen LogP contribution in [0.25, 0.3) is 0 Å². The van der Waals surface area contributed by atoms with Gasteiger partial charge in [-0.2, -0.15) is 0 Å². The van der Waals surface area contributed by atoms with Crippen LogP contribution in [0.15, 0.2) is 48.8 Å². The van der Waals surface area contributed by atoms with Crippen molar-refractivity contribution in [1.29, 1.82) is 0 Å². The molecular formula is C21H24N2O3. The number of nitrogens with zero attached hydrogens (tertiary/aromatic N) is 2. The van der Waals surface area contributed by atoms with Crippen LogP contribution in [0.2, 0.25) is 0 Å². The number of ether oxygens (including phenoxy) is 1. The van der Waals surface area contributed by atoms with Crippen molar-refractivity contribution in [3.8, 4) is 5.75 Å². The van der Waals surface area contributed by atoms with Crippen molar-refractivity contribution in [3.63, 3.8) is 0 Å². The predicted octanol–water partition coefficient (Wildman–Crippen LogP) is 2.09. The number of para-hydroxylation sites is 1. The van der Waals surface area contributed by atoms with Crippen molar-refractivity contribution < 1.29 is 14.6 Å². The van der Waals surface area contributed by atoms with Crippen LogP contribution in [0.4, 0.5) is 0 Å². The molecule has 1 fully saturated rings. The third-order valence-electron chi connectivity index (χ3n) is 5.79. The first-order valence-corrected chi connectivity index (χ1v) is 9.18. The zero-order chi connectivity index (χ0) is 18.0. The molecule has 1 saturated heterocycles. The summed E-state index contributed by atoms with van der Waals surface area (Å²) >= 11 is 0. The Kier molecular flexibility index (Phi) is 4.64. The minimum atomic E-state index is -0.309. The number of aryl methyl sites for hydroxylation is 1. The molecule has 2 aliphatic rings. The third kappa shape index (κ3) is 3.19. The molecule has 0 spiro atoms. The van der Waals surface area contributed by atoms with Gasteiger partial charge in [0.25, 0.3) is 0 Å². The van der Waals surface area contributed by atoms with Crippen LogP contribution in [0.1, 0.15) is 17.5 Å². The fourth-order valence-corrected chi connectivity index (χ4v) is 4.20. The highest BCUT2D eigenvalue weighted by Crippen LogP contribution is 2.43. The van der Waals surface area contributed by atoms with Crippen molar-refractivity contribution >= 4 is 5.91 Å². The van der Waals surface area contributed by atoms with Crippen LogP contribution in [0.5, 0.6) is 5.75 Å². The summed E-state index contributed by atoms with van der Waals surface area (Å²) in [6, 6.07) is 11.9. The maximum Gasteiger partial charge on any atom is 0.222 e. The number of aliphatic hydroxyl groups excluding tert-OH is 1. The number of rotatable bonds is 4. The molecule has 2 atom stereocenters. The minimum absolute atomic E-state index is 0.0712. The Balaban J connectivity index is 1.46. The minimum Gasteiger partial charge on any atom is -0.493 e. The Bertz CT molecular complexity index is 780. The summed E-state index contributed by atoms with van der Waals surface area (Å²) in [7, 11) is 0. The molecule has 2 aliphatic heterocycles. The predicted molar refractivity (Wildman–Crippen MR) is 97.8 cm³/mol. The van der Waals surface area contributed by atoms with Crippen LogP contribution in [-0.2, 0) is 17.6 Å². The average molecular weight is 352 g/mol. The van der Waals surface area contributed by atoms with Gasteiger partial charge in [0, 0.05) is 43.2 Å². The number of aliphatic hydroxyl groups is 1. The molecule has 0 unspecified atom stereocenters. The zero-order valence-electron chi connectivity index (χ0n) is 14.8. The van der Waals surface area contributed by atoms with Gasteiger partial charge in [0.2, 0.25) is 5.91 Å². The monoisotopic (exact) mass is 352 g/mol. The SMILES string of the molecule is O=C(CCc1cccnc1)N1C[C@H]2COc3ccccc3C[C@@]2(CO)C1. The number of likely N-dealkylation sites (tertiary alicyclic amines) is 1. The molecular weight excluding hydrogens is 328 g/mol. The van der Waals surface area contributed by atoms with E-state index in [4.69, 9.17) is 4.74 Å². The van der Waals surface area contributed by atoms with Gasteiger partial charge < -0.3 is 14.7 Å². The quantitative estimate of drug-likeness (QED) is 0.915. The Hall–Kier alpha value is -2.40. The van der Waals surface area contributed by atoms with E-state index in [0.29, 0.717) is 32.5 Å². The molecule has 26 heavy (non-hydrogen) atoms. The van der Waals surface area contributed by atoms with E-state index in [9.17, 15) is 9.90 Å². The molecule has 5 heteroatoms. The summed E-state index contributed by atoms with van der Waals surface area (Å²) in [6.07, 6.45) is 5.46. The first-order chi connectivity index (χ1) is 12.7. The molecule has 1 aromatic carbocycles. The third-order valence-corrected chi connectivity index (χ3v) is 5.79. The molecule has 3 heterocycles. The maximum absolute atomic E-state index is 12.7. The Morgan fingerprint density at radius 1 is 1.31 bits per heavy atom. The smallest absolute Gasteiger partial charge is 0.222 e. The lowest BCUT2D eigenvalue weighted by Gasteiger charge is -2.30. The summed E-state index contributed by atoms with van der Waals surface area (Å²) in [4.78, 5) is 18.7. The van der Waals surface area contributed by atoms with Crippen LogP contribution >= 0.6 is 0 Å². The molecule has 0 saturated carbocycles. The van der Waals surface area contributed by atoms with E-state index in [1.165, 1.54) is 0 Å². The highest BCUT2D eigenvalue weighted by atomic mass is 16.5. The number of pyridine rings is 1. The molecule has 1 aromatic heterocycles. The van der Waals surface area contributed by atoms with Gasteiger partial charge in [-0.15, -0.1) is 0 Å². The number of fused-ring (bicyclic) bond motifs is 2. The van der Waals surface area contributed by atoms with E-state index in [1.807, 2.05) is 35.2 Å². The summed E-state index contributed by atoms with van der Waals surface area (Å²) in [5.74, 6) is 1.20. The standard InChI is InChI=1S/C21H24N2O3/c24-15-21-10-17-5-1-2-6-19(17)26-13-18(21)12-23(14-21)20(25)8-7-16-4-3-9-22-11-16/h1-6,9,11,18,24H,7-8,10,12-15H2/t18-,21-/m0/s1. The second kappa shape index (κ2) is 7.08. The van der Waals surface area contributed by atoms with Crippen LogP contribution < -0.4 is 4.74 Å². The maximum atomic E-state index is 12.7.